The van der Waals surface area contributed by atoms with Crippen molar-refractivity contribution in [1.82, 2.24) is 0 Å². The van der Waals surface area contributed by atoms with Crippen molar-refractivity contribution < 1.29 is 18.6 Å². The van der Waals surface area contributed by atoms with Crippen molar-refractivity contribution in [1.29, 1.82) is 0 Å². The molecule has 1 N–H and O–H groups in total. The van der Waals surface area contributed by atoms with Gasteiger partial charge in [-0.1, -0.05) is 0 Å². The summed E-state index contributed by atoms with van der Waals surface area (Å²) in [5, 5.41) is 8.38. The second kappa shape index (κ2) is 1.63. The fourth-order valence-electron chi connectivity index (χ4n) is 0.525. The van der Waals surface area contributed by atoms with E-state index in [1.807, 2.05) is 0 Å². The average Bonchev–Trinajstić information content (AvgIpc) is 1.86. The van der Waals surface area contributed by atoms with Crippen molar-refractivity contribution >= 4 is 0 Å². The van der Waals surface area contributed by atoms with Crippen LogP contribution in [0, 0.1) is 0 Å². The van der Waals surface area contributed by atoms with Crippen LogP contribution in [0.25, 0.3) is 0 Å². The van der Waals surface area contributed by atoms with Gasteiger partial charge < -0.3 is 9.84 Å². The van der Waals surface area contributed by atoms with Gasteiger partial charge in [0, 0.05) is 0 Å². The zero-order valence-electron chi connectivity index (χ0n) is 4.10. The zero-order valence-corrected chi connectivity index (χ0v) is 4.10. The molecule has 0 radical (unpaired) electrons. The molecule has 0 saturated carbocycles. The minimum absolute atomic E-state index is 0.243. The Hall–Kier alpha value is -0.220. The van der Waals surface area contributed by atoms with Gasteiger partial charge in [-0.2, -0.15) is 0 Å². The molecule has 0 bridgehead atoms. The van der Waals surface area contributed by atoms with Crippen LogP contribution in [0.2, 0.25) is 0 Å². The Morgan fingerprint density at radius 3 is 2.38 bits per heavy atom. The van der Waals surface area contributed by atoms with E-state index in [9.17, 15) is 8.78 Å². The van der Waals surface area contributed by atoms with Crippen LogP contribution in [-0.2, 0) is 4.74 Å². The highest BCUT2D eigenvalue weighted by atomic mass is 19.3. The largest absolute Gasteiger partial charge is 0.384 e. The Morgan fingerprint density at radius 2 is 2.25 bits per heavy atom. The van der Waals surface area contributed by atoms with E-state index in [0.717, 1.165) is 0 Å². The highest BCUT2D eigenvalue weighted by Gasteiger charge is 2.43. The smallest absolute Gasteiger partial charge is 0.298 e. The molecule has 0 aromatic heterocycles. The third kappa shape index (κ3) is 0.809. The number of aliphatic hydroxyl groups excluding tert-OH is 1. The molecule has 1 aliphatic rings. The topological polar surface area (TPSA) is 29.5 Å². The minimum Gasteiger partial charge on any atom is -0.384 e. The van der Waals surface area contributed by atoms with E-state index in [1.165, 1.54) is 0 Å². The summed E-state index contributed by atoms with van der Waals surface area (Å²) in [6, 6.07) is 0. The molecule has 1 aliphatic heterocycles. The maximum atomic E-state index is 12.0. The van der Waals surface area contributed by atoms with Gasteiger partial charge in [0.2, 0.25) is 0 Å². The van der Waals surface area contributed by atoms with Gasteiger partial charge in [0.1, 0.15) is 12.7 Å². The molecule has 1 unspecified atom stereocenters. The molecular formula is C4H6F2O2. The van der Waals surface area contributed by atoms with Crippen molar-refractivity contribution in [3.63, 3.8) is 0 Å². The minimum atomic E-state index is -3.01. The maximum Gasteiger partial charge on any atom is 0.298 e. The molecule has 0 aromatic rings. The van der Waals surface area contributed by atoms with Gasteiger partial charge in [0.15, 0.2) is 0 Å². The number of rotatable bonds is 0. The summed E-state index contributed by atoms with van der Waals surface area (Å²) in [5.41, 5.74) is 0. The lowest BCUT2D eigenvalue weighted by molar-refractivity contribution is -0.0759. The van der Waals surface area contributed by atoms with E-state index in [1.54, 1.807) is 0 Å². The summed E-state index contributed by atoms with van der Waals surface area (Å²) in [7, 11) is 0. The molecule has 0 aromatic carbocycles. The lowest BCUT2D eigenvalue weighted by Gasteiger charge is -2.08. The molecule has 1 heterocycles. The summed E-state index contributed by atoms with van der Waals surface area (Å²) < 4.78 is 28.2. The van der Waals surface area contributed by atoms with Crippen LogP contribution in [-0.4, -0.2) is 30.3 Å². The molecule has 48 valence electrons. The van der Waals surface area contributed by atoms with E-state index >= 15 is 0 Å². The summed E-state index contributed by atoms with van der Waals surface area (Å²) in [4.78, 5) is 0. The normalized spacial score (nSPS) is 35.6. The first-order valence-corrected chi connectivity index (χ1v) is 2.26. The van der Waals surface area contributed by atoms with Gasteiger partial charge in [-0.15, -0.1) is 0 Å². The lowest BCUT2D eigenvalue weighted by Crippen LogP contribution is -2.30. The third-order valence-corrected chi connectivity index (χ3v) is 1.06. The summed E-state index contributed by atoms with van der Waals surface area (Å²) in [6.07, 6.45) is -1.59. The number of hydrogen-bond donors (Lipinski definition) is 1. The second-order valence-electron chi connectivity index (χ2n) is 1.79. The van der Waals surface area contributed by atoms with Gasteiger partial charge in [0.25, 0.3) is 5.92 Å². The van der Waals surface area contributed by atoms with Gasteiger partial charge in [-0.05, 0) is 0 Å². The summed E-state index contributed by atoms with van der Waals surface area (Å²) in [5.74, 6) is -3.01. The van der Waals surface area contributed by atoms with Crippen LogP contribution in [0.4, 0.5) is 8.78 Å². The number of halogens is 2. The molecule has 0 aliphatic carbocycles. The number of ether oxygens (including phenoxy) is 1. The van der Waals surface area contributed by atoms with Crippen molar-refractivity contribution in [3.05, 3.63) is 0 Å². The number of alkyl halides is 2. The molecule has 0 amide bonds. The third-order valence-electron chi connectivity index (χ3n) is 1.06. The van der Waals surface area contributed by atoms with Gasteiger partial charge >= 0.3 is 0 Å². The highest BCUT2D eigenvalue weighted by molar-refractivity contribution is 4.80. The van der Waals surface area contributed by atoms with E-state index in [2.05, 4.69) is 4.74 Å². The first-order chi connectivity index (χ1) is 3.63. The van der Waals surface area contributed by atoms with E-state index < -0.39 is 18.6 Å². The van der Waals surface area contributed by atoms with Crippen LogP contribution < -0.4 is 0 Å². The van der Waals surface area contributed by atoms with Crippen LogP contribution in [0.3, 0.4) is 0 Å². The van der Waals surface area contributed by atoms with Gasteiger partial charge in [0.05, 0.1) is 6.61 Å². The van der Waals surface area contributed by atoms with E-state index in [0.29, 0.717) is 0 Å². The molecule has 4 heteroatoms. The highest BCUT2D eigenvalue weighted by Crippen LogP contribution is 2.24. The zero-order chi connectivity index (χ0) is 6.20. The predicted molar refractivity (Wildman–Crippen MR) is 21.8 cm³/mol. The molecule has 8 heavy (non-hydrogen) atoms. The van der Waals surface area contributed by atoms with Crippen LogP contribution >= 0.6 is 0 Å². The fraction of sp³-hybridized carbons (Fsp3) is 1.00. The second-order valence-corrected chi connectivity index (χ2v) is 1.79. The van der Waals surface area contributed by atoms with Gasteiger partial charge in [-0.3, -0.25) is 0 Å². The molecule has 0 spiro atoms. The monoisotopic (exact) mass is 124 g/mol. The SMILES string of the molecule is OC1COCC1(F)F. The first-order valence-electron chi connectivity index (χ1n) is 2.26. The average molecular weight is 124 g/mol. The molecule has 1 fully saturated rings. The first kappa shape index (κ1) is 5.91. The maximum absolute atomic E-state index is 12.0. The molecule has 1 atom stereocenters. The van der Waals surface area contributed by atoms with Crippen LogP contribution in [0.1, 0.15) is 0 Å². The van der Waals surface area contributed by atoms with E-state index in [-0.39, 0.29) is 6.61 Å². The Morgan fingerprint density at radius 1 is 1.62 bits per heavy atom. The van der Waals surface area contributed by atoms with E-state index in [4.69, 9.17) is 5.11 Å². The molecule has 1 rings (SSSR count). The van der Waals surface area contributed by atoms with Crippen LogP contribution in [0.5, 0.6) is 0 Å². The Kier molecular flexibility index (Phi) is 1.21. The van der Waals surface area contributed by atoms with Crippen LogP contribution in [0.15, 0.2) is 0 Å². The van der Waals surface area contributed by atoms with Crippen molar-refractivity contribution in [2.75, 3.05) is 13.2 Å². The summed E-state index contributed by atoms with van der Waals surface area (Å²) >= 11 is 0. The standard InChI is InChI=1S/C4H6F2O2/c5-4(6)2-8-1-3(4)7/h3,7H,1-2H2. The molecule has 1 saturated heterocycles. The van der Waals surface area contributed by atoms with Crippen molar-refractivity contribution in [2.24, 2.45) is 0 Å². The molecule has 2 nitrogen and oxygen atoms in total. The number of hydrogen-bond acceptors (Lipinski definition) is 2. The molecular weight excluding hydrogens is 118 g/mol. The van der Waals surface area contributed by atoms with Crippen molar-refractivity contribution in [3.8, 4) is 0 Å². The summed E-state index contributed by atoms with van der Waals surface area (Å²) in [6.45, 7) is -0.888. The Balaban J connectivity index is 2.54. The quantitative estimate of drug-likeness (QED) is 0.493. The fourth-order valence-corrected chi connectivity index (χ4v) is 0.525. The van der Waals surface area contributed by atoms with Crippen molar-refractivity contribution in [2.45, 2.75) is 12.0 Å². The lowest BCUT2D eigenvalue weighted by atomic mass is 10.2. The number of aliphatic hydroxyl groups is 1. The Labute approximate surface area is 45.1 Å². The predicted octanol–water partition coefficient (Wildman–Crippen LogP) is 0.0128. The van der Waals surface area contributed by atoms with Gasteiger partial charge in [-0.25, -0.2) is 8.78 Å². The Bertz CT molecular complexity index is 94.0.